The van der Waals surface area contributed by atoms with Crippen molar-refractivity contribution in [3.63, 3.8) is 0 Å². The Morgan fingerprint density at radius 1 is 1.15 bits per heavy atom. The average Bonchev–Trinajstić information content (AvgIpc) is 3.19. The third-order valence-corrected chi connectivity index (χ3v) is 5.67. The molecule has 2 aromatic rings. The van der Waals surface area contributed by atoms with Gasteiger partial charge in [0.25, 0.3) is 5.91 Å². The first-order chi connectivity index (χ1) is 12.5. The van der Waals surface area contributed by atoms with Gasteiger partial charge in [0, 0.05) is 15.5 Å². The lowest BCUT2D eigenvalue weighted by Gasteiger charge is -2.11. The van der Waals surface area contributed by atoms with E-state index in [-0.39, 0.29) is 11.5 Å². The van der Waals surface area contributed by atoms with Crippen LogP contribution in [-0.4, -0.2) is 32.1 Å². The van der Waals surface area contributed by atoms with E-state index < -0.39 is 17.9 Å². The second-order valence-corrected chi connectivity index (χ2v) is 7.25. The van der Waals surface area contributed by atoms with E-state index in [0.29, 0.717) is 34.0 Å². The van der Waals surface area contributed by atoms with Crippen LogP contribution in [-0.2, 0) is 20.7 Å². The zero-order valence-corrected chi connectivity index (χ0v) is 15.7. The van der Waals surface area contributed by atoms with E-state index in [0.717, 1.165) is 4.88 Å². The molecule has 1 aliphatic carbocycles. The van der Waals surface area contributed by atoms with Gasteiger partial charge in [0.1, 0.15) is 5.00 Å². The van der Waals surface area contributed by atoms with Crippen LogP contribution in [0.1, 0.15) is 43.5 Å². The molecule has 0 unspecified atom stereocenters. The van der Waals surface area contributed by atoms with Crippen LogP contribution in [0.3, 0.4) is 0 Å². The second kappa shape index (κ2) is 7.47. The van der Waals surface area contributed by atoms with Crippen LogP contribution < -0.4 is 5.32 Å². The molecule has 26 heavy (non-hydrogen) atoms. The Kier molecular flexibility index (Phi) is 5.29. The summed E-state index contributed by atoms with van der Waals surface area (Å²) >= 11 is 7.12. The molecular weight excluding hydrogens is 378 g/mol. The zero-order valence-electron chi connectivity index (χ0n) is 14.1. The van der Waals surface area contributed by atoms with Crippen molar-refractivity contribution >= 4 is 45.8 Å². The van der Waals surface area contributed by atoms with Crippen LogP contribution in [0.4, 0.5) is 5.00 Å². The molecule has 1 aromatic heterocycles. The van der Waals surface area contributed by atoms with Crippen molar-refractivity contribution in [3.8, 4) is 0 Å². The summed E-state index contributed by atoms with van der Waals surface area (Å²) in [4.78, 5) is 37.8. The molecule has 1 amide bonds. The Hall–Kier alpha value is -2.38. The first kappa shape index (κ1) is 18.4. The van der Waals surface area contributed by atoms with Crippen LogP contribution in [0, 0.1) is 0 Å². The number of aryl methyl sites for hydroxylation is 1. The third kappa shape index (κ3) is 3.32. The topological polar surface area (TPSA) is 81.7 Å². The molecule has 1 atom stereocenters. The minimum Gasteiger partial charge on any atom is -0.469 e. The van der Waals surface area contributed by atoms with Gasteiger partial charge < -0.3 is 14.8 Å². The highest BCUT2D eigenvalue weighted by Crippen LogP contribution is 2.46. The van der Waals surface area contributed by atoms with Gasteiger partial charge in [-0.05, 0) is 42.7 Å². The maximum Gasteiger partial charge on any atom is 0.341 e. The Labute approximate surface area is 159 Å². The van der Waals surface area contributed by atoms with Gasteiger partial charge >= 0.3 is 11.9 Å². The summed E-state index contributed by atoms with van der Waals surface area (Å²) in [6.45, 7) is 0. The van der Waals surface area contributed by atoms with Gasteiger partial charge in [-0.25, -0.2) is 4.79 Å². The highest BCUT2D eigenvalue weighted by molar-refractivity contribution is 7.17. The van der Waals surface area contributed by atoms with Gasteiger partial charge in [-0.1, -0.05) is 11.6 Å². The Bertz CT molecular complexity index is 874. The standard InChI is InChI=1S/C18H16ClNO5S/c1-24-17(22)11-7-8-12-13(11)14(18(23)25-2)16(26-12)20-15(21)9-3-5-10(19)6-4-9/h3-6,11H,7-8H2,1-2H3,(H,20,21)/t11-/m0/s1. The maximum absolute atomic E-state index is 12.5. The summed E-state index contributed by atoms with van der Waals surface area (Å²) in [7, 11) is 2.58. The molecule has 8 heteroatoms. The normalized spacial score (nSPS) is 15.3. The summed E-state index contributed by atoms with van der Waals surface area (Å²) in [6.07, 6.45) is 1.21. The quantitative estimate of drug-likeness (QED) is 0.802. The fraction of sp³-hybridized carbons (Fsp3) is 0.278. The molecule has 0 bridgehead atoms. The molecule has 136 valence electrons. The molecule has 0 saturated carbocycles. The number of rotatable bonds is 4. The average molecular weight is 394 g/mol. The number of carbonyl (C=O) groups is 3. The monoisotopic (exact) mass is 393 g/mol. The molecular formula is C18H16ClNO5S. The summed E-state index contributed by atoms with van der Waals surface area (Å²) in [6, 6.07) is 6.40. The summed E-state index contributed by atoms with van der Waals surface area (Å²) in [5.74, 6) is -1.89. The van der Waals surface area contributed by atoms with Gasteiger partial charge in [0.05, 0.1) is 25.7 Å². The molecule has 1 N–H and O–H groups in total. The van der Waals surface area contributed by atoms with Crippen molar-refractivity contribution in [1.82, 2.24) is 0 Å². The predicted octanol–water partition coefficient (Wildman–Crippen LogP) is 3.64. The van der Waals surface area contributed by atoms with Crippen molar-refractivity contribution in [2.24, 2.45) is 0 Å². The minimum absolute atomic E-state index is 0.225. The molecule has 0 saturated heterocycles. The lowest BCUT2D eigenvalue weighted by Crippen LogP contribution is -2.17. The number of hydrogen-bond donors (Lipinski definition) is 1. The molecule has 0 fully saturated rings. The lowest BCUT2D eigenvalue weighted by molar-refractivity contribution is -0.142. The highest BCUT2D eigenvalue weighted by Gasteiger charge is 2.38. The maximum atomic E-state index is 12.5. The minimum atomic E-state index is -0.593. The van der Waals surface area contributed by atoms with Crippen LogP contribution >= 0.6 is 22.9 Å². The number of amides is 1. The number of thiophene rings is 1. The van der Waals surface area contributed by atoms with E-state index in [4.69, 9.17) is 21.1 Å². The van der Waals surface area contributed by atoms with Crippen molar-refractivity contribution in [2.75, 3.05) is 19.5 Å². The van der Waals surface area contributed by atoms with Gasteiger partial charge in [-0.2, -0.15) is 0 Å². The first-order valence-corrected chi connectivity index (χ1v) is 9.04. The number of esters is 2. The second-order valence-electron chi connectivity index (χ2n) is 5.71. The Morgan fingerprint density at radius 2 is 1.85 bits per heavy atom. The van der Waals surface area contributed by atoms with Crippen molar-refractivity contribution in [1.29, 1.82) is 0 Å². The lowest BCUT2D eigenvalue weighted by atomic mass is 9.99. The predicted molar refractivity (Wildman–Crippen MR) is 98.1 cm³/mol. The smallest absolute Gasteiger partial charge is 0.341 e. The molecule has 0 aliphatic heterocycles. The van der Waals surface area contributed by atoms with E-state index >= 15 is 0 Å². The molecule has 0 radical (unpaired) electrons. The molecule has 0 spiro atoms. The molecule has 1 aliphatic rings. The van der Waals surface area contributed by atoms with Gasteiger partial charge in [-0.3, -0.25) is 9.59 Å². The Balaban J connectivity index is 1.98. The molecule has 3 rings (SSSR count). The summed E-state index contributed by atoms with van der Waals surface area (Å²) < 4.78 is 9.72. The number of halogens is 1. The highest BCUT2D eigenvalue weighted by atomic mass is 35.5. The largest absolute Gasteiger partial charge is 0.469 e. The fourth-order valence-electron chi connectivity index (χ4n) is 3.01. The number of anilines is 1. The van der Waals surface area contributed by atoms with Crippen LogP contribution in [0.15, 0.2) is 24.3 Å². The van der Waals surface area contributed by atoms with Gasteiger partial charge in [0.2, 0.25) is 0 Å². The van der Waals surface area contributed by atoms with E-state index in [2.05, 4.69) is 5.32 Å². The van der Waals surface area contributed by atoms with Crippen molar-refractivity contribution in [3.05, 3.63) is 50.9 Å². The van der Waals surface area contributed by atoms with Crippen LogP contribution in [0.25, 0.3) is 0 Å². The SMILES string of the molecule is COC(=O)c1c(NC(=O)c2ccc(Cl)cc2)sc2c1[C@@H](C(=O)OC)CC2. The van der Waals surface area contributed by atoms with E-state index in [1.807, 2.05) is 0 Å². The van der Waals surface area contributed by atoms with Gasteiger partial charge in [0.15, 0.2) is 0 Å². The molecule has 6 nitrogen and oxygen atoms in total. The Morgan fingerprint density at radius 3 is 2.46 bits per heavy atom. The van der Waals surface area contributed by atoms with Gasteiger partial charge in [-0.15, -0.1) is 11.3 Å². The number of benzene rings is 1. The number of methoxy groups -OCH3 is 2. The fourth-order valence-corrected chi connectivity index (χ4v) is 4.40. The van der Waals surface area contributed by atoms with E-state index in [1.165, 1.54) is 25.6 Å². The van der Waals surface area contributed by atoms with Crippen LogP contribution in [0.5, 0.6) is 0 Å². The summed E-state index contributed by atoms with van der Waals surface area (Å²) in [5, 5.41) is 3.64. The van der Waals surface area contributed by atoms with Crippen LogP contribution in [0.2, 0.25) is 5.02 Å². The third-order valence-electron chi connectivity index (χ3n) is 4.24. The number of carbonyl (C=O) groups excluding carboxylic acids is 3. The number of ether oxygens (including phenoxy) is 2. The van der Waals surface area contributed by atoms with E-state index in [1.54, 1.807) is 24.3 Å². The number of nitrogens with one attached hydrogen (secondary N) is 1. The first-order valence-electron chi connectivity index (χ1n) is 7.84. The zero-order chi connectivity index (χ0) is 18.8. The number of hydrogen-bond acceptors (Lipinski definition) is 6. The molecule has 1 aromatic carbocycles. The summed E-state index contributed by atoms with van der Waals surface area (Å²) in [5.41, 5.74) is 1.23. The van der Waals surface area contributed by atoms with Crippen molar-refractivity contribution in [2.45, 2.75) is 18.8 Å². The van der Waals surface area contributed by atoms with E-state index in [9.17, 15) is 14.4 Å². The molecule has 1 heterocycles. The number of fused-ring (bicyclic) bond motifs is 1. The van der Waals surface area contributed by atoms with Crippen molar-refractivity contribution < 1.29 is 23.9 Å².